The van der Waals surface area contributed by atoms with Gasteiger partial charge in [0.1, 0.15) is 5.52 Å². The lowest BCUT2D eigenvalue weighted by molar-refractivity contribution is 0.189. The van der Waals surface area contributed by atoms with Gasteiger partial charge in [-0.05, 0) is 18.6 Å². The highest BCUT2D eigenvalue weighted by Gasteiger charge is 2.14. The molecule has 3 heterocycles. The molecule has 146 valence electrons. The first kappa shape index (κ1) is 18.4. The number of methoxy groups -OCH3 is 1. The van der Waals surface area contributed by atoms with Crippen molar-refractivity contribution in [3.05, 3.63) is 36.8 Å². The molecule has 0 aliphatic rings. The van der Waals surface area contributed by atoms with E-state index in [2.05, 4.69) is 25.6 Å². The number of hydrogen-bond acceptors (Lipinski definition) is 7. The number of H-pyrrole nitrogens is 1. The van der Waals surface area contributed by atoms with E-state index >= 15 is 0 Å². The molecule has 0 unspecified atom stereocenters. The number of ether oxygens (including phenoxy) is 1. The van der Waals surface area contributed by atoms with Gasteiger partial charge in [-0.1, -0.05) is 6.07 Å². The summed E-state index contributed by atoms with van der Waals surface area (Å²) >= 11 is 0. The second-order valence-electron chi connectivity index (χ2n) is 6.53. The third-order valence-corrected chi connectivity index (χ3v) is 5.54. The largest absolute Gasteiger partial charge is 0.385 e. The number of sulfone groups is 1. The van der Waals surface area contributed by atoms with Crippen molar-refractivity contribution in [3.8, 4) is 0 Å². The Kier molecular flexibility index (Phi) is 4.73. The smallest absolute Gasteiger partial charge is 0.175 e. The van der Waals surface area contributed by atoms with Crippen molar-refractivity contribution in [1.82, 2.24) is 25.0 Å². The number of aryl methyl sites for hydroxylation is 1. The Balaban J connectivity index is 1.72. The molecule has 9 nitrogen and oxygen atoms in total. The number of aromatic nitrogens is 5. The molecule has 2 N–H and O–H groups in total. The molecule has 10 heteroatoms. The molecule has 4 rings (SSSR count). The van der Waals surface area contributed by atoms with E-state index in [4.69, 9.17) is 4.74 Å². The molecular weight excluding hydrogens is 380 g/mol. The highest BCUT2D eigenvalue weighted by molar-refractivity contribution is 7.90. The number of benzene rings is 1. The maximum atomic E-state index is 11.9. The van der Waals surface area contributed by atoms with Gasteiger partial charge < -0.3 is 10.1 Å². The van der Waals surface area contributed by atoms with Crippen LogP contribution in [0.2, 0.25) is 0 Å². The van der Waals surface area contributed by atoms with Crippen molar-refractivity contribution in [2.45, 2.75) is 17.9 Å². The molecule has 0 atom stereocenters. The average molecular weight is 400 g/mol. The molecule has 0 spiro atoms. The number of rotatable bonds is 7. The SMILES string of the molecule is COCCCn1cc(Nc2nc3cc(S(C)(=O)=O)ccc3c3cn[nH]c23)cn1. The van der Waals surface area contributed by atoms with Crippen molar-refractivity contribution in [2.24, 2.45) is 0 Å². The van der Waals surface area contributed by atoms with Gasteiger partial charge in [-0.15, -0.1) is 0 Å². The van der Waals surface area contributed by atoms with E-state index in [0.717, 1.165) is 34.9 Å². The highest BCUT2D eigenvalue weighted by atomic mass is 32.2. The molecule has 0 bridgehead atoms. The van der Waals surface area contributed by atoms with Crippen LogP contribution >= 0.6 is 0 Å². The fraction of sp³-hybridized carbons (Fsp3) is 0.278. The molecule has 0 amide bonds. The molecule has 4 aromatic rings. The van der Waals surface area contributed by atoms with Crippen LogP contribution in [0.15, 0.2) is 41.7 Å². The van der Waals surface area contributed by atoms with Gasteiger partial charge in [0, 0.05) is 43.5 Å². The first-order chi connectivity index (χ1) is 13.5. The summed E-state index contributed by atoms with van der Waals surface area (Å²) in [7, 11) is -1.65. The zero-order valence-corrected chi connectivity index (χ0v) is 16.3. The van der Waals surface area contributed by atoms with Crippen molar-refractivity contribution in [3.63, 3.8) is 0 Å². The lowest BCUT2D eigenvalue weighted by Gasteiger charge is -2.08. The van der Waals surface area contributed by atoms with E-state index in [1.807, 2.05) is 10.9 Å². The van der Waals surface area contributed by atoms with Crippen LogP contribution in [0.5, 0.6) is 0 Å². The molecule has 0 aliphatic heterocycles. The summed E-state index contributed by atoms with van der Waals surface area (Å²) in [6, 6.07) is 4.92. The molecule has 1 aromatic carbocycles. The standard InChI is InChI=1S/C18H20N6O3S/c1-27-7-3-6-24-11-12(9-20-24)21-18-17-15(10-19-23-17)14-5-4-13(28(2,25)26)8-16(14)22-18/h4-5,8-11H,3,6-7H2,1-2H3,(H,19,23)(H,21,22). The fourth-order valence-electron chi connectivity index (χ4n) is 3.06. The Morgan fingerprint density at radius 2 is 2.11 bits per heavy atom. The van der Waals surface area contributed by atoms with Gasteiger partial charge in [0.2, 0.25) is 0 Å². The van der Waals surface area contributed by atoms with E-state index in [1.165, 1.54) is 6.26 Å². The molecule has 0 aliphatic carbocycles. The van der Waals surface area contributed by atoms with Crippen LogP contribution < -0.4 is 5.32 Å². The molecule has 28 heavy (non-hydrogen) atoms. The summed E-state index contributed by atoms with van der Waals surface area (Å²) in [5, 5.41) is 16.3. The quantitative estimate of drug-likeness (QED) is 0.458. The van der Waals surface area contributed by atoms with Crippen LogP contribution in [-0.4, -0.2) is 53.4 Å². The predicted molar refractivity (Wildman–Crippen MR) is 107 cm³/mol. The summed E-state index contributed by atoms with van der Waals surface area (Å²) in [5.41, 5.74) is 2.10. The lowest BCUT2D eigenvalue weighted by atomic mass is 10.1. The number of anilines is 2. The second kappa shape index (κ2) is 7.21. The lowest BCUT2D eigenvalue weighted by Crippen LogP contribution is -2.01. The summed E-state index contributed by atoms with van der Waals surface area (Å²) in [6.07, 6.45) is 7.36. The van der Waals surface area contributed by atoms with E-state index < -0.39 is 9.84 Å². The Hall–Kier alpha value is -2.98. The van der Waals surface area contributed by atoms with Crippen LogP contribution in [0, 0.1) is 0 Å². The van der Waals surface area contributed by atoms with Gasteiger partial charge in [-0.3, -0.25) is 9.78 Å². The van der Waals surface area contributed by atoms with Crippen molar-refractivity contribution in [1.29, 1.82) is 0 Å². The predicted octanol–water partition coefficient (Wildman–Crippen LogP) is 2.49. The van der Waals surface area contributed by atoms with Gasteiger partial charge in [0.05, 0.1) is 28.5 Å². The first-order valence-electron chi connectivity index (χ1n) is 8.71. The number of nitrogens with zero attached hydrogens (tertiary/aromatic N) is 4. The zero-order valence-electron chi connectivity index (χ0n) is 15.5. The number of hydrogen-bond donors (Lipinski definition) is 2. The summed E-state index contributed by atoms with van der Waals surface area (Å²) < 4.78 is 30.7. The van der Waals surface area contributed by atoms with Crippen LogP contribution in [0.1, 0.15) is 6.42 Å². The topological polar surface area (TPSA) is 115 Å². The molecule has 0 radical (unpaired) electrons. The number of fused-ring (bicyclic) bond motifs is 3. The van der Waals surface area contributed by atoms with Crippen LogP contribution in [0.3, 0.4) is 0 Å². The minimum atomic E-state index is -3.32. The first-order valence-corrected chi connectivity index (χ1v) is 10.6. The van der Waals surface area contributed by atoms with Gasteiger partial charge in [0.15, 0.2) is 15.7 Å². The molecular formula is C18H20N6O3S. The number of aromatic amines is 1. The average Bonchev–Trinajstić information content (AvgIpc) is 3.31. The summed E-state index contributed by atoms with van der Waals surface area (Å²) in [6.45, 7) is 1.42. The molecule has 0 saturated heterocycles. The van der Waals surface area contributed by atoms with Crippen molar-refractivity contribution >= 4 is 43.1 Å². The Morgan fingerprint density at radius 3 is 2.89 bits per heavy atom. The van der Waals surface area contributed by atoms with Crippen LogP contribution in [0.4, 0.5) is 11.5 Å². The summed E-state index contributed by atoms with van der Waals surface area (Å²) in [5.74, 6) is 0.557. The van der Waals surface area contributed by atoms with Gasteiger partial charge in [0.25, 0.3) is 0 Å². The third-order valence-electron chi connectivity index (χ3n) is 4.43. The van der Waals surface area contributed by atoms with Crippen LogP contribution in [0.25, 0.3) is 21.8 Å². The maximum absolute atomic E-state index is 11.9. The second-order valence-corrected chi connectivity index (χ2v) is 8.55. The number of nitrogens with one attached hydrogen (secondary N) is 2. The Morgan fingerprint density at radius 1 is 1.25 bits per heavy atom. The Labute approximate surface area is 161 Å². The van der Waals surface area contributed by atoms with E-state index in [9.17, 15) is 8.42 Å². The van der Waals surface area contributed by atoms with Crippen molar-refractivity contribution < 1.29 is 13.2 Å². The van der Waals surface area contributed by atoms with Crippen molar-refractivity contribution in [2.75, 3.05) is 25.3 Å². The third kappa shape index (κ3) is 3.56. The van der Waals surface area contributed by atoms with E-state index in [0.29, 0.717) is 17.9 Å². The van der Waals surface area contributed by atoms with Gasteiger partial charge >= 0.3 is 0 Å². The minimum absolute atomic E-state index is 0.229. The monoisotopic (exact) mass is 400 g/mol. The molecule has 3 aromatic heterocycles. The molecule has 0 saturated carbocycles. The fourth-order valence-corrected chi connectivity index (χ4v) is 3.70. The maximum Gasteiger partial charge on any atom is 0.175 e. The zero-order chi connectivity index (χ0) is 19.7. The Bertz CT molecular complexity index is 1240. The van der Waals surface area contributed by atoms with Crippen LogP contribution in [-0.2, 0) is 21.1 Å². The van der Waals surface area contributed by atoms with E-state index in [1.54, 1.807) is 37.7 Å². The molecule has 0 fully saturated rings. The van der Waals surface area contributed by atoms with Gasteiger partial charge in [-0.2, -0.15) is 10.2 Å². The minimum Gasteiger partial charge on any atom is -0.385 e. The number of pyridine rings is 1. The van der Waals surface area contributed by atoms with Gasteiger partial charge in [-0.25, -0.2) is 13.4 Å². The van der Waals surface area contributed by atoms with E-state index in [-0.39, 0.29) is 4.90 Å². The normalized spacial score (nSPS) is 12.1. The summed E-state index contributed by atoms with van der Waals surface area (Å²) in [4.78, 5) is 4.85. The highest BCUT2D eigenvalue weighted by Crippen LogP contribution is 2.30.